The van der Waals surface area contributed by atoms with Crippen molar-refractivity contribution in [3.05, 3.63) is 40.4 Å². The minimum Gasteiger partial charge on any atom is -0.397 e. The number of hydrogen-bond donors (Lipinski definition) is 2. The fourth-order valence-corrected chi connectivity index (χ4v) is 2.47. The van der Waals surface area contributed by atoms with Gasteiger partial charge in [0.05, 0.1) is 16.3 Å². The first kappa shape index (κ1) is 13.9. The lowest BCUT2D eigenvalue weighted by atomic mass is 9.97. The number of carbonyl (C=O) groups excluding carboxylic acids is 1. The van der Waals surface area contributed by atoms with Gasteiger partial charge in [-0.2, -0.15) is 0 Å². The van der Waals surface area contributed by atoms with Crippen LogP contribution in [0.1, 0.15) is 42.5 Å². The lowest BCUT2D eigenvalue weighted by Gasteiger charge is -2.13. The summed E-state index contributed by atoms with van der Waals surface area (Å²) >= 11 is 5.90. The molecule has 3 nitrogen and oxygen atoms in total. The first-order valence-electron chi connectivity index (χ1n) is 6.68. The lowest BCUT2D eigenvalue weighted by Crippen LogP contribution is -2.25. The quantitative estimate of drug-likeness (QED) is 0.654. The van der Waals surface area contributed by atoms with Crippen LogP contribution in [0.4, 0.5) is 5.69 Å². The maximum atomic E-state index is 12.0. The van der Waals surface area contributed by atoms with Crippen molar-refractivity contribution in [1.29, 1.82) is 0 Å². The number of nitrogens with one attached hydrogen (secondary N) is 1. The zero-order valence-corrected chi connectivity index (χ0v) is 11.7. The molecule has 0 spiro atoms. The molecular weight excluding hydrogens is 260 g/mol. The Bertz CT molecular complexity index is 497. The Hall–Kier alpha value is -1.48. The van der Waals surface area contributed by atoms with Crippen LogP contribution < -0.4 is 11.1 Å². The Morgan fingerprint density at radius 2 is 2.21 bits per heavy atom. The molecule has 0 bridgehead atoms. The third-order valence-electron chi connectivity index (χ3n) is 3.41. The van der Waals surface area contributed by atoms with E-state index in [4.69, 9.17) is 17.3 Å². The van der Waals surface area contributed by atoms with Crippen molar-refractivity contribution in [3.8, 4) is 0 Å². The molecule has 3 N–H and O–H groups in total. The molecule has 19 heavy (non-hydrogen) atoms. The van der Waals surface area contributed by atoms with Crippen LogP contribution in [0.2, 0.25) is 5.02 Å². The SMILES string of the molecule is Nc1c(Cl)cccc1C(=O)NCCC1=CCCCC1. The molecule has 1 amide bonds. The number of benzene rings is 1. The second kappa shape index (κ2) is 6.62. The summed E-state index contributed by atoms with van der Waals surface area (Å²) in [5, 5.41) is 3.31. The first-order valence-corrected chi connectivity index (χ1v) is 7.06. The van der Waals surface area contributed by atoms with Crippen molar-refractivity contribution in [2.75, 3.05) is 12.3 Å². The summed E-state index contributed by atoms with van der Waals surface area (Å²) in [6.07, 6.45) is 8.10. The third-order valence-corrected chi connectivity index (χ3v) is 3.74. The summed E-state index contributed by atoms with van der Waals surface area (Å²) in [7, 11) is 0. The largest absolute Gasteiger partial charge is 0.397 e. The van der Waals surface area contributed by atoms with E-state index in [1.807, 2.05) is 0 Å². The summed E-state index contributed by atoms with van der Waals surface area (Å²) in [5.74, 6) is -0.156. The van der Waals surface area contributed by atoms with E-state index < -0.39 is 0 Å². The molecule has 1 aromatic rings. The van der Waals surface area contributed by atoms with Crippen LogP contribution in [-0.4, -0.2) is 12.5 Å². The van der Waals surface area contributed by atoms with E-state index in [1.165, 1.54) is 24.8 Å². The highest BCUT2D eigenvalue weighted by Crippen LogP contribution is 2.22. The number of carbonyl (C=O) groups is 1. The molecule has 0 unspecified atom stereocenters. The average molecular weight is 279 g/mol. The van der Waals surface area contributed by atoms with Crippen LogP contribution in [0.15, 0.2) is 29.8 Å². The van der Waals surface area contributed by atoms with E-state index in [-0.39, 0.29) is 5.91 Å². The minimum absolute atomic E-state index is 0.156. The predicted octanol–water partition coefficient (Wildman–Crippen LogP) is 3.54. The van der Waals surface area contributed by atoms with Crippen molar-refractivity contribution in [2.45, 2.75) is 32.1 Å². The van der Waals surface area contributed by atoms with Crippen molar-refractivity contribution in [3.63, 3.8) is 0 Å². The fraction of sp³-hybridized carbons (Fsp3) is 0.400. The van der Waals surface area contributed by atoms with Gasteiger partial charge >= 0.3 is 0 Å². The fourth-order valence-electron chi connectivity index (χ4n) is 2.30. The van der Waals surface area contributed by atoms with Gasteiger partial charge in [-0.25, -0.2) is 0 Å². The lowest BCUT2D eigenvalue weighted by molar-refractivity contribution is 0.0955. The molecule has 0 atom stereocenters. The van der Waals surface area contributed by atoms with Crippen molar-refractivity contribution in [2.24, 2.45) is 0 Å². The number of nitrogen functional groups attached to an aromatic ring is 1. The Kier molecular flexibility index (Phi) is 4.86. The number of allylic oxidation sites excluding steroid dienone is 1. The summed E-state index contributed by atoms with van der Waals surface area (Å²) in [4.78, 5) is 12.0. The standard InChI is InChI=1S/C15H19ClN2O/c16-13-8-4-7-12(14(13)17)15(19)18-10-9-11-5-2-1-3-6-11/h4-5,7-8H,1-3,6,9-10,17H2,(H,18,19). The average Bonchev–Trinajstić information content (AvgIpc) is 2.43. The van der Waals surface area contributed by atoms with Crippen LogP contribution in [0.25, 0.3) is 0 Å². The van der Waals surface area contributed by atoms with E-state index in [9.17, 15) is 4.79 Å². The molecule has 0 radical (unpaired) electrons. The summed E-state index contributed by atoms with van der Waals surface area (Å²) < 4.78 is 0. The maximum Gasteiger partial charge on any atom is 0.253 e. The molecule has 1 aliphatic rings. The van der Waals surface area contributed by atoms with E-state index in [1.54, 1.807) is 18.2 Å². The highest BCUT2D eigenvalue weighted by atomic mass is 35.5. The maximum absolute atomic E-state index is 12.0. The normalized spacial score (nSPS) is 14.9. The summed E-state index contributed by atoms with van der Waals surface area (Å²) in [6.45, 7) is 0.649. The zero-order valence-electron chi connectivity index (χ0n) is 10.9. The molecule has 0 fully saturated rings. The molecule has 0 heterocycles. The molecule has 2 rings (SSSR count). The topological polar surface area (TPSA) is 55.1 Å². The molecule has 1 aromatic carbocycles. The number of hydrogen-bond acceptors (Lipinski definition) is 2. The molecule has 0 saturated carbocycles. The van der Waals surface area contributed by atoms with Gasteiger partial charge in [-0.05, 0) is 44.2 Å². The monoisotopic (exact) mass is 278 g/mol. The second-order valence-electron chi connectivity index (χ2n) is 4.82. The van der Waals surface area contributed by atoms with Gasteiger partial charge in [0.1, 0.15) is 0 Å². The molecule has 102 valence electrons. The van der Waals surface area contributed by atoms with Gasteiger partial charge in [0, 0.05) is 6.54 Å². The summed E-state index contributed by atoms with van der Waals surface area (Å²) in [5.41, 5.74) is 8.04. The van der Waals surface area contributed by atoms with E-state index in [0.717, 1.165) is 12.8 Å². The van der Waals surface area contributed by atoms with Gasteiger partial charge in [-0.3, -0.25) is 4.79 Å². The summed E-state index contributed by atoms with van der Waals surface area (Å²) in [6, 6.07) is 5.11. The van der Waals surface area contributed by atoms with Gasteiger partial charge in [0.25, 0.3) is 5.91 Å². The number of halogens is 1. The number of amides is 1. The number of anilines is 1. The highest BCUT2D eigenvalue weighted by molar-refractivity contribution is 6.33. The Labute approximate surface area is 118 Å². The molecule has 0 aliphatic heterocycles. The van der Waals surface area contributed by atoms with Crippen molar-refractivity contribution in [1.82, 2.24) is 5.32 Å². The van der Waals surface area contributed by atoms with Gasteiger partial charge in [0.15, 0.2) is 0 Å². The predicted molar refractivity (Wildman–Crippen MR) is 79.4 cm³/mol. The molecule has 1 aliphatic carbocycles. The van der Waals surface area contributed by atoms with Crippen molar-refractivity contribution >= 4 is 23.2 Å². The van der Waals surface area contributed by atoms with Crippen LogP contribution in [-0.2, 0) is 0 Å². The van der Waals surface area contributed by atoms with Gasteiger partial charge < -0.3 is 11.1 Å². The molecule has 0 aromatic heterocycles. The molecule has 0 saturated heterocycles. The first-order chi connectivity index (χ1) is 9.18. The van der Waals surface area contributed by atoms with Crippen LogP contribution in [0.3, 0.4) is 0 Å². The highest BCUT2D eigenvalue weighted by Gasteiger charge is 2.11. The Morgan fingerprint density at radius 1 is 1.37 bits per heavy atom. The van der Waals surface area contributed by atoms with Crippen LogP contribution >= 0.6 is 11.6 Å². The van der Waals surface area contributed by atoms with Gasteiger partial charge in [-0.15, -0.1) is 0 Å². The number of nitrogens with two attached hydrogens (primary N) is 1. The molecular formula is C15H19ClN2O. The smallest absolute Gasteiger partial charge is 0.253 e. The van der Waals surface area contributed by atoms with Gasteiger partial charge in [-0.1, -0.05) is 29.3 Å². The van der Waals surface area contributed by atoms with E-state index in [2.05, 4.69) is 11.4 Å². The zero-order chi connectivity index (χ0) is 13.7. The molecule has 4 heteroatoms. The second-order valence-corrected chi connectivity index (χ2v) is 5.22. The van der Waals surface area contributed by atoms with Crippen LogP contribution in [0, 0.1) is 0 Å². The van der Waals surface area contributed by atoms with E-state index in [0.29, 0.717) is 22.8 Å². The third kappa shape index (κ3) is 3.74. The van der Waals surface area contributed by atoms with Gasteiger partial charge in [0.2, 0.25) is 0 Å². The minimum atomic E-state index is -0.156. The Morgan fingerprint density at radius 3 is 2.95 bits per heavy atom. The van der Waals surface area contributed by atoms with E-state index >= 15 is 0 Å². The Balaban J connectivity index is 1.87. The number of para-hydroxylation sites is 1. The number of rotatable bonds is 4. The van der Waals surface area contributed by atoms with Crippen molar-refractivity contribution < 1.29 is 4.79 Å². The van der Waals surface area contributed by atoms with Crippen LogP contribution in [0.5, 0.6) is 0 Å².